The van der Waals surface area contributed by atoms with Gasteiger partial charge in [0.1, 0.15) is 5.84 Å². The van der Waals surface area contributed by atoms with E-state index in [1.807, 2.05) is 6.92 Å². The van der Waals surface area contributed by atoms with Crippen molar-refractivity contribution >= 4 is 11.8 Å². The van der Waals surface area contributed by atoms with Crippen LogP contribution in [0, 0.1) is 0 Å². The maximum absolute atomic E-state index is 11.1. The number of carbonyl (C=O) groups is 1. The number of esters is 1. The fourth-order valence-electron chi connectivity index (χ4n) is 0.727. The summed E-state index contributed by atoms with van der Waals surface area (Å²) in [5.41, 5.74) is 5.80. The molecule has 0 heterocycles. The van der Waals surface area contributed by atoms with E-state index < -0.39 is 5.97 Å². The van der Waals surface area contributed by atoms with Gasteiger partial charge in [-0.05, 0) is 6.42 Å². The van der Waals surface area contributed by atoms with Gasteiger partial charge >= 0.3 is 5.97 Å². The predicted octanol–water partition coefficient (Wildman–Crippen LogP) is 0.483. The normalized spacial score (nSPS) is 12.9. The number of rotatable bonds is 3. The zero-order valence-electron chi connectivity index (χ0n) is 7.63. The molecule has 0 unspecified atom stereocenters. The molecule has 4 nitrogen and oxygen atoms in total. The molecule has 0 radical (unpaired) electrons. The number of nitrogens with two attached hydrogens (primary N) is 1. The van der Waals surface area contributed by atoms with Crippen molar-refractivity contribution in [3.05, 3.63) is 11.6 Å². The van der Waals surface area contributed by atoms with Gasteiger partial charge in [-0.1, -0.05) is 13.0 Å². The number of amidine groups is 1. The van der Waals surface area contributed by atoms with E-state index in [0.717, 1.165) is 6.42 Å². The van der Waals surface area contributed by atoms with Crippen LogP contribution in [0.2, 0.25) is 0 Å². The van der Waals surface area contributed by atoms with E-state index in [-0.39, 0.29) is 5.84 Å². The van der Waals surface area contributed by atoms with Crippen LogP contribution in [0.3, 0.4) is 0 Å². The van der Waals surface area contributed by atoms with Gasteiger partial charge < -0.3 is 10.5 Å². The summed E-state index contributed by atoms with van der Waals surface area (Å²) in [6.07, 6.45) is 2.41. The number of ether oxygens (including phenoxy) is 1. The second-order valence-corrected chi connectivity index (χ2v) is 2.13. The first kappa shape index (κ1) is 10.7. The Balaban J connectivity index is 4.68. The molecule has 0 rings (SSSR count). The van der Waals surface area contributed by atoms with Crippen LogP contribution in [0.25, 0.3) is 0 Å². The molecule has 0 aliphatic heterocycles. The van der Waals surface area contributed by atoms with Crippen molar-refractivity contribution in [3.8, 4) is 0 Å². The molecule has 4 heteroatoms. The fourth-order valence-corrected chi connectivity index (χ4v) is 0.727. The molecule has 0 saturated carbocycles. The Morgan fingerprint density at radius 1 is 1.67 bits per heavy atom. The lowest BCUT2D eigenvalue weighted by Gasteiger charge is -2.02. The number of methoxy groups -OCH3 is 1. The van der Waals surface area contributed by atoms with Gasteiger partial charge in [0.2, 0.25) is 0 Å². The minimum absolute atomic E-state index is 0.212. The molecule has 0 aromatic rings. The third-order valence-electron chi connectivity index (χ3n) is 1.33. The van der Waals surface area contributed by atoms with Crippen molar-refractivity contribution < 1.29 is 9.53 Å². The lowest BCUT2D eigenvalue weighted by Crippen LogP contribution is -2.22. The van der Waals surface area contributed by atoms with E-state index in [1.165, 1.54) is 14.2 Å². The average molecular weight is 170 g/mol. The maximum atomic E-state index is 11.1. The van der Waals surface area contributed by atoms with Gasteiger partial charge in [-0.2, -0.15) is 0 Å². The molecule has 0 aliphatic carbocycles. The Hall–Kier alpha value is -1.32. The molecular weight excluding hydrogens is 156 g/mol. The van der Waals surface area contributed by atoms with E-state index in [4.69, 9.17) is 5.73 Å². The molecule has 0 fully saturated rings. The highest BCUT2D eigenvalue weighted by molar-refractivity contribution is 6.18. The summed E-state index contributed by atoms with van der Waals surface area (Å²) in [4.78, 5) is 14.8. The average Bonchev–Trinajstić information content (AvgIpc) is 2.11. The monoisotopic (exact) mass is 170 g/mol. The Labute approximate surface area is 72.1 Å². The highest BCUT2D eigenvalue weighted by Crippen LogP contribution is 1.99. The molecule has 0 bridgehead atoms. The van der Waals surface area contributed by atoms with Crippen molar-refractivity contribution in [1.29, 1.82) is 0 Å². The van der Waals surface area contributed by atoms with Gasteiger partial charge in [0.25, 0.3) is 0 Å². The van der Waals surface area contributed by atoms with Gasteiger partial charge in [0, 0.05) is 7.05 Å². The lowest BCUT2D eigenvalue weighted by atomic mass is 10.2. The standard InChI is InChI=1S/C8H14N2O2/c1-4-5-6(7(9)10-2)8(11)12-3/h5H,4H2,1-3H3,(H2,9,10)/b6-5+. The number of nitrogens with zero attached hydrogens (tertiary/aromatic N) is 1. The van der Waals surface area contributed by atoms with Crippen LogP contribution in [0.1, 0.15) is 13.3 Å². The smallest absolute Gasteiger partial charge is 0.341 e. The molecule has 2 N–H and O–H groups in total. The van der Waals surface area contributed by atoms with Crippen molar-refractivity contribution in [2.45, 2.75) is 13.3 Å². The van der Waals surface area contributed by atoms with Gasteiger partial charge in [-0.15, -0.1) is 0 Å². The Kier molecular flexibility index (Phi) is 4.76. The maximum Gasteiger partial charge on any atom is 0.341 e. The number of carbonyl (C=O) groups excluding carboxylic acids is 1. The Morgan fingerprint density at radius 3 is 2.58 bits per heavy atom. The number of aliphatic imine (C=N–C) groups is 1. The number of hydrogen-bond acceptors (Lipinski definition) is 3. The van der Waals surface area contributed by atoms with Gasteiger partial charge in [0.05, 0.1) is 12.7 Å². The molecule has 0 aromatic carbocycles. The summed E-state index contributed by atoms with van der Waals surface area (Å²) < 4.78 is 4.52. The van der Waals surface area contributed by atoms with Gasteiger partial charge in [-0.25, -0.2) is 4.79 Å². The fraction of sp³-hybridized carbons (Fsp3) is 0.500. The third-order valence-corrected chi connectivity index (χ3v) is 1.33. The Morgan fingerprint density at radius 2 is 2.25 bits per heavy atom. The lowest BCUT2D eigenvalue weighted by molar-refractivity contribution is -0.135. The molecule has 0 saturated heterocycles. The molecule has 0 atom stereocenters. The third kappa shape index (κ3) is 2.74. The zero-order chi connectivity index (χ0) is 9.56. The summed E-state index contributed by atoms with van der Waals surface area (Å²) in [5.74, 6) is -0.233. The van der Waals surface area contributed by atoms with Crippen LogP contribution < -0.4 is 5.73 Å². The molecule has 0 aromatic heterocycles. The number of hydrogen-bond donors (Lipinski definition) is 1. The molecule has 0 spiro atoms. The zero-order valence-corrected chi connectivity index (χ0v) is 7.63. The quantitative estimate of drug-likeness (QED) is 0.290. The first-order valence-electron chi connectivity index (χ1n) is 3.68. The molecule has 0 aliphatic rings. The van der Waals surface area contributed by atoms with Crippen LogP contribution >= 0.6 is 0 Å². The summed E-state index contributed by atoms with van der Waals surface area (Å²) in [5, 5.41) is 0. The highest BCUT2D eigenvalue weighted by atomic mass is 16.5. The topological polar surface area (TPSA) is 64.7 Å². The second kappa shape index (κ2) is 5.35. The SMILES string of the molecule is CC/C=C(/C(=O)OC)C(N)=NC. The Bertz CT molecular complexity index is 219. The van der Waals surface area contributed by atoms with Crippen LogP contribution in [0.5, 0.6) is 0 Å². The second-order valence-electron chi connectivity index (χ2n) is 2.13. The van der Waals surface area contributed by atoms with Gasteiger partial charge in [-0.3, -0.25) is 4.99 Å². The summed E-state index contributed by atoms with van der Waals surface area (Å²) in [7, 11) is 2.84. The van der Waals surface area contributed by atoms with E-state index in [1.54, 1.807) is 6.08 Å². The summed E-state index contributed by atoms with van der Waals surface area (Å²) in [6.45, 7) is 1.91. The molecule has 0 amide bonds. The van der Waals surface area contributed by atoms with E-state index in [2.05, 4.69) is 9.73 Å². The van der Waals surface area contributed by atoms with Gasteiger partial charge in [0.15, 0.2) is 0 Å². The summed E-state index contributed by atoms with van der Waals surface area (Å²) >= 11 is 0. The van der Waals surface area contributed by atoms with E-state index >= 15 is 0 Å². The first-order valence-corrected chi connectivity index (χ1v) is 3.68. The van der Waals surface area contributed by atoms with Crippen molar-refractivity contribution in [2.75, 3.05) is 14.2 Å². The van der Waals surface area contributed by atoms with E-state index in [0.29, 0.717) is 5.57 Å². The largest absolute Gasteiger partial charge is 0.465 e. The van der Waals surface area contributed by atoms with Crippen LogP contribution in [-0.4, -0.2) is 26.0 Å². The summed E-state index contributed by atoms with van der Waals surface area (Å²) in [6, 6.07) is 0. The predicted molar refractivity (Wildman–Crippen MR) is 47.9 cm³/mol. The van der Waals surface area contributed by atoms with Crippen molar-refractivity contribution in [3.63, 3.8) is 0 Å². The van der Waals surface area contributed by atoms with Crippen molar-refractivity contribution in [2.24, 2.45) is 10.7 Å². The van der Waals surface area contributed by atoms with Crippen LogP contribution in [0.15, 0.2) is 16.6 Å². The number of allylic oxidation sites excluding steroid dienone is 1. The minimum Gasteiger partial charge on any atom is -0.465 e. The van der Waals surface area contributed by atoms with E-state index in [9.17, 15) is 4.79 Å². The van der Waals surface area contributed by atoms with Crippen molar-refractivity contribution in [1.82, 2.24) is 0 Å². The van der Waals surface area contributed by atoms with Crippen LogP contribution in [0.4, 0.5) is 0 Å². The molecule has 68 valence electrons. The molecule has 12 heavy (non-hydrogen) atoms. The first-order chi connectivity index (χ1) is 5.67. The highest BCUT2D eigenvalue weighted by Gasteiger charge is 2.11. The minimum atomic E-state index is -0.444. The van der Waals surface area contributed by atoms with Crippen LogP contribution in [-0.2, 0) is 9.53 Å². The molecular formula is C8H14N2O2.